The molecule has 0 fully saturated rings. The Bertz CT molecular complexity index is 506. The molecule has 0 amide bonds. The van der Waals surface area contributed by atoms with Crippen molar-refractivity contribution in [1.82, 2.24) is 15.0 Å². The summed E-state index contributed by atoms with van der Waals surface area (Å²) < 4.78 is 0. The highest BCUT2D eigenvalue weighted by Crippen LogP contribution is 2.19. The summed E-state index contributed by atoms with van der Waals surface area (Å²) in [6.45, 7) is 4.84. The molecule has 0 radical (unpaired) electrons. The fourth-order valence-corrected chi connectivity index (χ4v) is 1.81. The van der Waals surface area contributed by atoms with Crippen LogP contribution in [0.25, 0.3) is 0 Å². The van der Waals surface area contributed by atoms with Crippen molar-refractivity contribution in [3.8, 4) is 0 Å². The maximum Gasteiger partial charge on any atom is 0.135 e. The van der Waals surface area contributed by atoms with E-state index in [1.807, 2.05) is 24.5 Å². The van der Waals surface area contributed by atoms with Crippen molar-refractivity contribution >= 4 is 17.3 Å². The van der Waals surface area contributed by atoms with Gasteiger partial charge in [-0.3, -0.25) is 0 Å². The van der Waals surface area contributed by atoms with Crippen molar-refractivity contribution in [2.75, 3.05) is 17.2 Å². The molecular formula is C13H20N6. The van der Waals surface area contributed by atoms with Gasteiger partial charge in [-0.1, -0.05) is 0 Å². The quantitative estimate of drug-likeness (QED) is 0.638. The normalized spacial score (nSPS) is 11.3. The number of nitrogens with two attached hydrogens (primary N) is 1. The molecule has 6 heteroatoms. The summed E-state index contributed by atoms with van der Waals surface area (Å²) >= 11 is 0. The van der Waals surface area contributed by atoms with Gasteiger partial charge in [0, 0.05) is 24.0 Å². The first kappa shape index (κ1) is 13.4. The Kier molecular flexibility index (Phi) is 4.01. The van der Waals surface area contributed by atoms with Gasteiger partial charge in [-0.2, -0.15) is 0 Å². The highest BCUT2D eigenvalue weighted by molar-refractivity contribution is 5.58. The van der Waals surface area contributed by atoms with Crippen molar-refractivity contribution in [1.29, 1.82) is 0 Å². The molecule has 0 aliphatic rings. The monoisotopic (exact) mass is 260 g/mol. The molecule has 0 unspecified atom stereocenters. The average molecular weight is 260 g/mol. The van der Waals surface area contributed by atoms with Gasteiger partial charge >= 0.3 is 0 Å². The van der Waals surface area contributed by atoms with Gasteiger partial charge in [-0.05, 0) is 32.9 Å². The number of rotatable bonds is 6. The highest BCUT2D eigenvalue weighted by atomic mass is 15.1. The summed E-state index contributed by atoms with van der Waals surface area (Å²) in [5.41, 5.74) is 6.47. The Morgan fingerprint density at radius 3 is 2.79 bits per heavy atom. The van der Waals surface area contributed by atoms with Crippen molar-refractivity contribution in [2.45, 2.75) is 25.8 Å². The Balaban J connectivity index is 2.07. The third kappa shape index (κ3) is 3.96. The molecular weight excluding hydrogens is 240 g/mol. The lowest BCUT2D eigenvalue weighted by Gasteiger charge is -2.26. The van der Waals surface area contributed by atoms with Crippen molar-refractivity contribution in [3.05, 3.63) is 30.9 Å². The number of anilines is 3. The third-order valence-corrected chi connectivity index (χ3v) is 2.77. The Morgan fingerprint density at radius 1 is 1.32 bits per heavy atom. The van der Waals surface area contributed by atoms with Gasteiger partial charge in [0.05, 0.1) is 5.69 Å². The largest absolute Gasteiger partial charge is 0.366 e. The zero-order chi connectivity index (χ0) is 13.7. The van der Waals surface area contributed by atoms with Crippen LogP contribution >= 0.6 is 0 Å². The first-order chi connectivity index (χ1) is 9.09. The zero-order valence-electron chi connectivity index (χ0n) is 11.3. The van der Waals surface area contributed by atoms with Crippen LogP contribution in [0.3, 0.4) is 0 Å². The first-order valence-electron chi connectivity index (χ1n) is 6.29. The summed E-state index contributed by atoms with van der Waals surface area (Å²) in [4.78, 5) is 11.4. The molecule has 2 aromatic rings. The molecule has 0 spiro atoms. The molecule has 0 saturated heterocycles. The van der Waals surface area contributed by atoms with E-state index in [1.54, 1.807) is 0 Å². The maximum absolute atomic E-state index is 5.60. The molecule has 2 rings (SSSR count). The summed E-state index contributed by atoms with van der Waals surface area (Å²) in [6.07, 6.45) is 6.13. The first-order valence-corrected chi connectivity index (χ1v) is 6.29. The molecule has 6 nitrogen and oxygen atoms in total. The van der Waals surface area contributed by atoms with Crippen LogP contribution in [0.2, 0.25) is 0 Å². The van der Waals surface area contributed by atoms with Crippen molar-refractivity contribution in [3.63, 3.8) is 0 Å². The second-order valence-corrected chi connectivity index (χ2v) is 5.06. The van der Waals surface area contributed by atoms with Crippen LogP contribution in [-0.4, -0.2) is 27.0 Å². The molecule has 102 valence electrons. The third-order valence-electron chi connectivity index (χ3n) is 2.77. The zero-order valence-corrected chi connectivity index (χ0v) is 11.3. The predicted molar refractivity (Wildman–Crippen MR) is 77.5 cm³/mol. The average Bonchev–Trinajstić information content (AvgIpc) is 2.81. The van der Waals surface area contributed by atoms with Gasteiger partial charge in [0.1, 0.15) is 18.0 Å². The van der Waals surface area contributed by atoms with Crippen LogP contribution in [-0.2, 0) is 0 Å². The fourth-order valence-electron chi connectivity index (χ4n) is 1.81. The Labute approximate surface area is 112 Å². The summed E-state index contributed by atoms with van der Waals surface area (Å²) in [7, 11) is 0. The Hall–Kier alpha value is -2.08. The second kappa shape index (κ2) is 5.71. The van der Waals surface area contributed by atoms with Gasteiger partial charge in [0.15, 0.2) is 0 Å². The van der Waals surface area contributed by atoms with Gasteiger partial charge in [-0.15, -0.1) is 0 Å². The van der Waals surface area contributed by atoms with E-state index in [0.29, 0.717) is 6.54 Å². The Morgan fingerprint density at radius 2 is 2.11 bits per heavy atom. The van der Waals surface area contributed by atoms with Crippen molar-refractivity contribution < 1.29 is 0 Å². The van der Waals surface area contributed by atoms with Crippen molar-refractivity contribution in [2.24, 2.45) is 5.73 Å². The van der Waals surface area contributed by atoms with Crippen LogP contribution in [0, 0.1) is 0 Å². The predicted octanol–water partition coefficient (Wildman–Crippen LogP) is 2.09. The van der Waals surface area contributed by atoms with E-state index in [0.717, 1.165) is 23.7 Å². The molecule has 0 aromatic carbocycles. The van der Waals surface area contributed by atoms with Gasteiger partial charge in [-0.25, -0.2) is 9.97 Å². The molecule has 5 N–H and O–H groups in total. The molecule has 2 heterocycles. The number of hydrogen-bond donors (Lipinski definition) is 4. The van der Waals surface area contributed by atoms with Crippen LogP contribution in [0.5, 0.6) is 0 Å². The van der Waals surface area contributed by atoms with E-state index in [9.17, 15) is 0 Å². The molecule has 0 aliphatic heterocycles. The minimum Gasteiger partial charge on any atom is -0.366 e. The minimum absolute atomic E-state index is 0.0888. The van der Waals surface area contributed by atoms with E-state index in [1.165, 1.54) is 6.33 Å². The number of H-pyrrole nitrogens is 1. The fraction of sp³-hybridized carbons (Fsp3) is 0.385. The summed E-state index contributed by atoms with van der Waals surface area (Å²) in [5.74, 6) is 1.53. The number of nitrogens with one attached hydrogen (secondary N) is 3. The SMILES string of the molecule is CC(C)(CCN)Nc1cc(Nc2cc[nH]c2)ncn1. The van der Waals surface area contributed by atoms with Crippen LogP contribution in [0.4, 0.5) is 17.3 Å². The molecule has 19 heavy (non-hydrogen) atoms. The summed E-state index contributed by atoms with van der Waals surface area (Å²) in [6, 6.07) is 3.82. The van der Waals surface area contributed by atoms with Crippen LogP contribution in [0.1, 0.15) is 20.3 Å². The van der Waals surface area contributed by atoms with Gasteiger partial charge in [0.2, 0.25) is 0 Å². The molecule has 0 bridgehead atoms. The lowest BCUT2D eigenvalue weighted by atomic mass is 10.0. The smallest absolute Gasteiger partial charge is 0.135 e. The van der Waals surface area contributed by atoms with Crippen LogP contribution in [0.15, 0.2) is 30.9 Å². The van der Waals surface area contributed by atoms with E-state index in [4.69, 9.17) is 5.73 Å². The molecule has 0 atom stereocenters. The number of hydrogen-bond acceptors (Lipinski definition) is 5. The number of aromatic amines is 1. The van der Waals surface area contributed by atoms with E-state index in [2.05, 4.69) is 39.4 Å². The van der Waals surface area contributed by atoms with Gasteiger partial charge < -0.3 is 21.4 Å². The standard InChI is InChI=1S/C13H20N6/c1-13(2,4-5-14)19-12-7-11(16-9-17-12)18-10-3-6-15-8-10/h3,6-9,15H,4-5,14H2,1-2H3,(H2,16,17,18,19). The molecule has 0 aliphatic carbocycles. The lowest BCUT2D eigenvalue weighted by Crippen LogP contribution is -2.33. The maximum atomic E-state index is 5.60. The number of aromatic nitrogens is 3. The van der Waals surface area contributed by atoms with E-state index in [-0.39, 0.29) is 5.54 Å². The molecule has 0 saturated carbocycles. The number of nitrogens with zero attached hydrogens (tertiary/aromatic N) is 2. The van der Waals surface area contributed by atoms with Gasteiger partial charge in [0.25, 0.3) is 0 Å². The van der Waals surface area contributed by atoms with E-state index >= 15 is 0 Å². The molecule has 2 aromatic heterocycles. The topological polar surface area (TPSA) is 91.7 Å². The highest BCUT2D eigenvalue weighted by Gasteiger charge is 2.16. The lowest BCUT2D eigenvalue weighted by molar-refractivity contribution is 0.524. The van der Waals surface area contributed by atoms with E-state index < -0.39 is 0 Å². The van der Waals surface area contributed by atoms with Crippen LogP contribution < -0.4 is 16.4 Å². The second-order valence-electron chi connectivity index (χ2n) is 5.06. The summed E-state index contributed by atoms with van der Waals surface area (Å²) in [5, 5.41) is 6.56. The minimum atomic E-state index is -0.0888.